The molecule has 0 aromatic rings. The van der Waals surface area contributed by atoms with Crippen LogP contribution in [0.4, 0.5) is 0 Å². The van der Waals surface area contributed by atoms with Crippen molar-refractivity contribution >= 4 is 5.97 Å². The lowest BCUT2D eigenvalue weighted by molar-refractivity contribution is -0.155. The van der Waals surface area contributed by atoms with E-state index in [1.54, 1.807) is 20.8 Å². The molecule has 0 aliphatic carbocycles. The molecule has 0 radical (unpaired) electrons. The van der Waals surface area contributed by atoms with Crippen molar-refractivity contribution in [2.24, 2.45) is 0 Å². The van der Waals surface area contributed by atoms with Crippen molar-refractivity contribution in [3.8, 4) is 0 Å². The van der Waals surface area contributed by atoms with Crippen LogP contribution in [0.25, 0.3) is 0 Å². The maximum absolute atomic E-state index is 11.3. The number of esters is 1. The highest BCUT2D eigenvalue weighted by Crippen LogP contribution is 2.13. The number of carbonyl (C=O) groups is 1. The van der Waals surface area contributed by atoms with Crippen LogP contribution in [0.15, 0.2) is 12.0 Å². The van der Waals surface area contributed by atoms with Gasteiger partial charge in [0.25, 0.3) is 0 Å². The monoisotopic (exact) mass is 186 g/mol. The Balaban J connectivity index is 2.52. The molecule has 1 aliphatic heterocycles. The highest BCUT2D eigenvalue weighted by atomic mass is 16.6. The van der Waals surface area contributed by atoms with Gasteiger partial charge in [-0.2, -0.15) is 0 Å². The number of hydrogen-bond acceptors (Lipinski definition) is 4. The van der Waals surface area contributed by atoms with Gasteiger partial charge in [-0.25, -0.2) is 4.79 Å². The maximum Gasteiger partial charge on any atom is 0.377 e. The van der Waals surface area contributed by atoms with Gasteiger partial charge in [-0.1, -0.05) is 0 Å². The van der Waals surface area contributed by atoms with E-state index in [9.17, 15) is 4.79 Å². The Hall–Kier alpha value is -1.19. The smallest absolute Gasteiger partial charge is 0.377 e. The fraction of sp³-hybridized carbons (Fsp3) is 0.667. The minimum atomic E-state index is -0.501. The van der Waals surface area contributed by atoms with Crippen LogP contribution >= 0.6 is 0 Å². The van der Waals surface area contributed by atoms with Gasteiger partial charge in [-0.3, -0.25) is 0 Å². The van der Waals surface area contributed by atoms with Gasteiger partial charge in [-0.15, -0.1) is 0 Å². The van der Waals surface area contributed by atoms with Crippen LogP contribution in [0.5, 0.6) is 0 Å². The summed E-state index contributed by atoms with van der Waals surface area (Å²) in [4.78, 5) is 11.3. The molecule has 0 bridgehead atoms. The number of hydrogen-bond donors (Lipinski definition) is 0. The molecule has 0 saturated heterocycles. The van der Waals surface area contributed by atoms with Crippen LogP contribution in [0, 0.1) is 0 Å². The summed E-state index contributed by atoms with van der Waals surface area (Å²) >= 11 is 0. The molecule has 1 heterocycles. The van der Waals surface area contributed by atoms with Crippen molar-refractivity contribution in [2.45, 2.75) is 26.4 Å². The SMILES string of the molecule is CC(C)(C)OC(=O)C1=COCCO1. The average molecular weight is 186 g/mol. The van der Waals surface area contributed by atoms with Crippen molar-refractivity contribution < 1.29 is 19.0 Å². The summed E-state index contributed by atoms with van der Waals surface area (Å²) in [6.07, 6.45) is 1.29. The van der Waals surface area contributed by atoms with E-state index < -0.39 is 11.6 Å². The molecule has 4 nitrogen and oxygen atoms in total. The van der Waals surface area contributed by atoms with Crippen molar-refractivity contribution in [3.63, 3.8) is 0 Å². The van der Waals surface area contributed by atoms with Crippen molar-refractivity contribution in [3.05, 3.63) is 12.0 Å². The van der Waals surface area contributed by atoms with Crippen LogP contribution in [0.3, 0.4) is 0 Å². The first kappa shape index (κ1) is 9.89. The summed E-state index contributed by atoms with van der Waals surface area (Å²) in [5.74, 6) is -0.339. The predicted octanol–water partition coefficient (Wildman–Crippen LogP) is 1.22. The molecule has 1 rings (SSSR count). The number of carbonyl (C=O) groups excluding carboxylic acids is 1. The highest BCUT2D eigenvalue weighted by molar-refractivity contribution is 5.86. The molecule has 0 unspecified atom stereocenters. The lowest BCUT2D eigenvalue weighted by Crippen LogP contribution is -2.27. The van der Waals surface area contributed by atoms with Gasteiger partial charge in [0.1, 0.15) is 25.1 Å². The van der Waals surface area contributed by atoms with E-state index in [1.807, 2.05) is 0 Å². The first-order valence-corrected chi connectivity index (χ1v) is 4.17. The molecule has 0 N–H and O–H groups in total. The van der Waals surface area contributed by atoms with E-state index in [4.69, 9.17) is 14.2 Å². The molecule has 0 atom stereocenters. The lowest BCUT2D eigenvalue weighted by Gasteiger charge is -2.21. The molecule has 0 amide bonds. The Labute approximate surface area is 77.5 Å². The van der Waals surface area contributed by atoms with Gasteiger partial charge in [0.2, 0.25) is 5.76 Å². The molecule has 0 fully saturated rings. The van der Waals surface area contributed by atoms with Crippen LogP contribution in [0.1, 0.15) is 20.8 Å². The largest absolute Gasteiger partial charge is 0.493 e. The Morgan fingerprint density at radius 3 is 2.62 bits per heavy atom. The minimum absolute atomic E-state index is 0.140. The van der Waals surface area contributed by atoms with E-state index in [0.717, 1.165) is 0 Å². The standard InChI is InChI=1S/C9H14O4/c1-9(2,3)13-8(10)7-6-11-4-5-12-7/h6H,4-5H2,1-3H3. The zero-order valence-corrected chi connectivity index (χ0v) is 8.12. The van der Waals surface area contributed by atoms with Gasteiger partial charge in [0, 0.05) is 0 Å². The van der Waals surface area contributed by atoms with Gasteiger partial charge in [-0.05, 0) is 20.8 Å². The fourth-order valence-electron chi connectivity index (χ4n) is 0.804. The quantitative estimate of drug-likeness (QED) is 0.577. The zero-order valence-electron chi connectivity index (χ0n) is 8.12. The molecule has 74 valence electrons. The Kier molecular flexibility index (Phi) is 2.80. The van der Waals surface area contributed by atoms with Gasteiger partial charge in [0.05, 0.1) is 0 Å². The number of rotatable bonds is 1. The summed E-state index contributed by atoms with van der Waals surface area (Å²) in [5, 5.41) is 0. The first-order valence-electron chi connectivity index (χ1n) is 4.17. The third-order valence-electron chi connectivity index (χ3n) is 1.25. The summed E-state index contributed by atoms with van der Waals surface area (Å²) in [6.45, 7) is 6.27. The maximum atomic E-state index is 11.3. The molecule has 0 aromatic carbocycles. The predicted molar refractivity (Wildman–Crippen MR) is 45.8 cm³/mol. The average Bonchev–Trinajstić information content (AvgIpc) is 2.03. The fourth-order valence-corrected chi connectivity index (χ4v) is 0.804. The highest BCUT2D eigenvalue weighted by Gasteiger charge is 2.22. The zero-order chi connectivity index (χ0) is 9.90. The summed E-state index contributed by atoms with van der Waals surface area (Å²) < 4.78 is 15.0. The van der Waals surface area contributed by atoms with Gasteiger partial charge < -0.3 is 14.2 Å². The van der Waals surface area contributed by atoms with Crippen LogP contribution in [0.2, 0.25) is 0 Å². The summed E-state index contributed by atoms with van der Waals surface area (Å²) in [5.41, 5.74) is -0.501. The molecule has 0 saturated carbocycles. The molecule has 13 heavy (non-hydrogen) atoms. The van der Waals surface area contributed by atoms with E-state index in [0.29, 0.717) is 13.2 Å². The van der Waals surface area contributed by atoms with Crippen molar-refractivity contribution in [1.29, 1.82) is 0 Å². The van der Waals surface area contributed by atoms with Crippen molar-refractivity contribution in [2.75, 3.05) is 13.2 Å². The Morgan fingerprint density at radius 2 is 2.15 bits per heavy atom. The third-order valence-corrected chi connectivity index (χ3v) is 1.25. The first-order chi connectivity index (χ1) is 5.99. The van der Waals surface area contributed by atoms with Gasteiger partial charge in [0.15, 0.2) is 0 Å². The summed E-state index contributed by atoms with van der Waals surface area (Å²) in [7, 11) is 0. The van der Waals surface area contributed by atoms with E-state index in [-0.39, 0.29) is 5.76 Å². The van der Waals surface area contributed by atoms with E-state index in [1.165, 1.54) is 6.26 Å². The lowest BCUT2D eigenvalue weighted by atomic mass is 10.2. The molecule has 0 aromatic heterocycles. The second-order valence-electron chi connectivity index (χ2n) is 3.70. The Morgan fingerprint density at radius 1 is 1.46 bits per heavy atom. The second kappa shape index (κ2) is 3.68. The molecule has 1 aliphatic rings. The van der Waals surface area contributed by atoms with Crippen molar-refractivity contribution in [1.82, 2.24) is 0 Å². The molecular weight excluding hydrogens is 172 g/mol. The normalized spacial score (nSPS) is 16.7. The minimum Gasteiger partial charge on any atom is -0.493 e. The topological polar surface area (TPSA) is 44.8 Å². The van der Waals surface area contributed by atoms with Crippen LogP contribution in [-0.4, -0.2) is 24.8 Å². The van der Waals surface area contributed by atoms with E-state index >= 15 is 0 Å². The van der Waals surface area contributed by atoms with Crippen LogP contribution < -0.4 is 0 Å². The molecule has 4 heteroatoms. The van der Waals surface area contributed by atoms with E-state index in [2.05, 4.69) is 0 Å². The second-order valence-corrected chi connectivity index (χ2v) is 3.70. The Bertz CT molecular complexity index is 224. The third kappa shape index (κ3) is 3.36. The van der Waals surface area contributed by atoms with Crippen LogP contribution in [-0.2, 0) is 19.0 Å². The van der Waals surface area contributed by atoms with Gasteiger partial charge >= 0.3 is 5.97 Å². The summed E-state index contributed by atoms with van der Waals surface area (Å²) in [6, 6.07) is 0. The molecule has 0 spiro atoms. The molecular formula is C9H14O4. The number of ether oxygens (including phenoxy) is 3.